The van der Waals surface area contributed by atoms with Gasteiger partial charge in [-0.3, -0.25) is 4.98 Å². The van der Waals surface area contributed by atoms with E-state index in [1.807, 2.05) is 30.3 Å². The fourth-order valence-electron chi connectivity index (χ4n) is 1.33. The Kier molecular flexibility index (Phi) is 2.47. The van der Waals surface area contributed by atoms with Gasteiger partial charge in [0, 0.05) is 11.6 Å². The molecule has 1 aromatic carbocycles. The summed E-state index contributed by atoms with van der Waals surface area (Å²) in [4.78, 5) is 3.97. The van der Waals surface area contributed by atoms with E-state index in [1.165, 1.54) is 0 Å². The SMILES string of the molecule is N#CC(Br)c1ccc2ncccc2c1. The topological polar surface area (TPSA) is 36.7 Å². The second-order valence-electron chi connectivity index (χ2n) is 2.95. The van der Waals surface area contributed by atoms with Crippen molar-refractivity contribution < 1.29 is 0 Å². The number of hydrogen-bond donors (Lipinski definition) is 0. The van der Waals surface area contributed by atoms with Crippen LogP contribution in [-0.4, -0.2) is 4.98 Å². The van der Waals surface area contributed by atoms with Crippen LogP contribution in [-0.2, 0) is 0 Å². The Balaban J connectivity index is 2.58. The van der Waals surface area contributed by atoms with Gasteiger partial charge in [-0.1, -0.05) is 28.1 Å². The predicted octanol–water partition coefficient (Wildman–Crippen LogP) is 3.19. The molecule has 1 aromatic heterocycles. The van der Waals surface area contributed by atoms with E-state index >= 15 is 0 Å². The Morgan fingerprint density at radius 1 is 1.36 bits per heavy atom. The van der Waals surface area contributed by atoms with Crippen molar-refractivity contribution in [2.24, 2.45) is 0 Å². The number of nitriles is 1. The van der Waals surface area contributed by atoms with E-state index in [2.05, 4.69) is 27.0 Å². The monoisotopic (exact) mass is 246 g/mol. The number of alkyl halides is 1. The molecule has 0 saturated carbocycles. The van der Waals surface area contributed by atoms with Crippen molar-refractivity contribution in [3.63, 3.8) is 0 Å². The highest BCUT2D eigenvalue weighted by atomic mass is 79.9. The lowest BCUT2D eigenvalue weighted by atomic mass is 10.1. The quantitative estimate of drug-likeness (QED) is 0.725. The van der Waals surface area contributed by atoms with Crippen molar-refractivity contribution in [1.29, 1.82) is 5.26 Å². The van der Waals surface area contributed by atoms with Crippen molar-refractivity contribution in [2.75, 3.05) is 0 Å². The second-order valence-corrected chi connectivity index (χ2v) is 3.86. The molecular formula is C11H7BrN2. The average molecular weight is 247 g/mol. The molecule has 1 heterocycles. The molecule has 2 nitrogen and oxygen atoms in total. The molecule has 0 spiro atoms. The number of nitrogens with zero attached hydrogens (tertiary/aromatic N) is 2. The van der Waals surface area contributed by atoms with E-state index in [0.717, 1.165) is 16.5 Å². The number of pyridine rings is 1. The molecule has 0 aliphatic rings. The highest BCUT2D eigenvalue weighted by Crippen LogP contribution is 2.24. The Hall–Kier alpha value is -1.40. The first-order valence-corrected chi connectivity index (χ1v) is 5.11. The summed E-state index contributed by atoms with van der Waals surface area (Å²) in [5, 5.41) is 9.81. The maximum Gasteiger partial charge on any atom is 0.126 e. The largest absolute Gasteiger partial charge is 0.256 e. The molecular weight excluding hydrogens is 240 g/mol. The minimum Gasteiger partial charge on any atom is -0.256 e. The van der Waals surface area contributed by atoms with E-state index in [1.54, 1.807) is 6.20 Å². The summed E-state index contributed by atoms with van der Waals surface area (Å²) < 4.78 is 0. The molecule has 1 unspecified atom stereocenters. The van der Waals surface area contributed by atoms with E-state index in [0.29, 0.717) is 0 Å². The lowest BCUT2D eigenvalue weighted by molar-refractivity contribution is 1.25. The summed E-state index contributed by atoms with van der Waals surface area (Å²) in [5.74, 6) is 0. The van der Waals surface area contributed by atoms with Crippen LogP contribution >= 0.6 is 15.9 Å². The maximum atomic E-state index is 8.75. The first-order valence-electron chi connectivity index (χ1n) is 4.19. The van der Waals surface area contributed by atoms with E-state index < -0.39 is 0 Å². The molecule has 0 N–H and O–H groups in total. The van der Waals surface area contributed by atoms with Crippen LogP contribution in [0.2, 0.25) is 0 Å². The molecule has 0 saturated heterocycles. The summed E-state index contributed by atoms with van der Waals surface area (Å²) in [6, 6.07) is 11.8. The summed E-state index contributed by atoms with van der Waals surface area (Å²) in [6.45, 7) is 0. The zero-order valence-electron chi connectivity index (χ0n) is 7.31. The van der Waals surface area contributed by atoms with Gasteiger partial charge in [0.15, 0.2) is 0 Å². The molecule has 3 heteroatoms. The molecule has 2 aromatic rings. The molecule has 0 bridgehead atoms. The van der Waals surface area contributed by atoms with Gasteiger partial charge in [-0.2, -0.15) is 5.26 Å². The average Bonchev–Trinajstić information content (AvgIpc) is 2.27. The Morgan fingerprint density at radius 2 is 2.21 bits per heavy atom. The number of aromatic nitrogens is 1. The standard InChI is InChI=1S/C11H7BrN2/c12-10(7-13)8-3-4-11-9(6-8)2-1-5-14-11/h1-6,10H. The molecule has 68 valence electrons. The summed E-state index contributed by atoms with van der Waals surface area (Å²) in [6.07, 6.45) is 1.76. The number of rotatable bonds is 1. The fourth-order valence-corrected chi connectivity index (χ4v) is 1.61. The zero-order chi connectivity index (χ0) is 9.97. The molecule has 0 fully saturated rings. The Labute approximate surface area is 90.3 Å². The molecule has 14 heavy (non-hydrogen) atoms. The highest BCUT2D eigenvalue weighted by Gasteiger charge is 2.05. The van der Waals surface area contributed by atoms with Crippen LogP contribution in [0.5, 0.6) is 0 Å². The summed E-state index contributed by atoms with van der Waals surface area (Å²) in [7, 11) is 0. The lowest BCUT2D eigenvalue weighted by Crippen LogP contribution is -1.86. The predicted molar refractivity (Wildman–Crippen MR) is 59.0 cm³/mol. The number of benzene rings is 1. The molecule has 2 rings (SSSR count). The highest BCUT2D eigenvalue weighted by molar-refractivity contribution is 9.09. The van der Waals surface area contributed by atoms with Crippen LogP contribution in [0, 0.1) is 11.3 Å². The van der Waals surface area contributed by atoms with Gasteiger partial charge in [0.2, 0.25) is 0 Å². The van der Waals surface area contributed by atoms with E-state index in [-0.39, 0.29) is 4.83 Å². The third-order valence-electron chi connectivity index (χ3n) is 2.03. The Bertz CT molecular complexity index is 502. The number of halogens is 1. The van der Waals surface area contributed by atoms with Crippen LogP contribution in [0.4, 0.5) is 0 Å². The summed E-state index contributed by atoms with van der Waals surface area (Å²) in [5.41, 5.74) is 1.92. The third kappa shape index (κ3) is 1.61. The van der Waals surface area contributed by atoms with E-state index in [4.69, 9.17) is 5.26 Å². The molecule has 0 aliphatic carbocycles. The van der Waals surface area contributed by atoms with Gasteiger partial charge in [0.1, 0.15) is 4.83 Å². The van der Waals surface area contributed by atoms with Gasteiger partial charge in [0.25, 0.3) is 0 Å². The van der Waals surface area contributed by atoms with Crippen LogP contribution in [0.1, 0.15) is 10.4 Å². The Morgan fingerprint density at radius 3 is 3.00 bits per heavy atom. The third-order valence-corrected chi connectivity index (χ3v) is 2.77. The van der Waals surface area contributed by atoms with Gasteiger partial charge in [-0.25, -0.2) is 0 Å². The van der Waals surface area contributed by atoms with Gasteiger partial charge < -0.3 is 0 Å². The lowest BCUT2D eigenvalue weighted by Gasteiger charge is -2.02. The maximum absolute atomic E-state index is 8.75. The van der Waals surface area contributed by atoms with Crippen LogP contribution < -0.4 is 0 Å². The van der Waals surface area contributed by atoms with Crippen molar-refractivity contribution in [1.82, 2.24) is 4.98 Å². The van der Waals surface area contributed by atoms with Gasteiger partial charge >= 0.3 is 0 Å². The molecule has 0 aliphatic heterocycles. The van der Waals surface area contributed by atoms with Crippen molar-refractivity contribution in [3.8, 4) is 6.07 Å². The van der Waals surface area contributed by atoms with Gasteiger partial charge in [-0.15, -0.1) is 0 Å². The van der Waals surface area contributed by atoms with Crippen molar-refractivity contribution in [2.45, 2.75) is 4.83 Å². The van der Waals surface area contributed by atoms with Crippen LogP contribution in [0.25, 0.3) is 10.9 Å². The first kappa shape index (κ1) is 9.17. The normalized spacial score (nSPS) is 12.3. The first-order chi connectivity index (χ1) is 6.81. The van der Waals surface area contributed by atoms with Crippen molar-refractivity contribution in [3.05, 3.63) is 42.1 Å². The van der Waals surface area contributed by atoms with Gasteiger partial charge in [-0.05, 0) is 23.8 Å². The number of hydrogen-bond acceptors (Lipinski definition) is 2. The number of fused-ring (bicyclic) bond motifs is 1. The summed E-state index contributed by atoms with van der Waals surface area (Å²) >= 11 is 3.29. The van der Waals surface area contributed by atoms with Gasteiger partial charge in [0.05, 0.1) is 11.6 Å². The minimum absolute atomic E-state index is 0.243. The smallest absolute Gasteiger partial charge is 0.126 e. The van der Waals surface area contributed by atoms with E-state index in [9.17, 15) is 0 Å². The minimum atomic E-state index is -0.243. The molecule has 0 radical (unpaired) electrons. The molecule has 1 atom stereocenters. The second kappa shape index (κ2) is 3.77. The molecule has 0 amide bonds. The fraction of sp³-hybridized carbons (Fsp3) is 0.0909. The van der Waals surface area contributed by atoms with Crippen LogP contribution in [0.15, 0.2) is 36.5 Å². The van der Waals surface area contributed by atoms with Crippen LogP contribution in [0.3, 0.4) is 0 Å². The van der Waals surface area contributed by atoms with Crippen molar-refractivity contribution >= 4 is 26.8 Å². The zero-order valence-corrected chi connectivity index (χ0v) is 8.90.